The average Bonchev–Trinajstić information content (AvgIpc) is 2.74. The molecule has 0 aromatic heterocycles. The summed E-state index contributed by atoms with van der Waals surface area (Å²) in [6.07, 6.45) is 6.38. The zero-order valence-corrected chi connectivity index (χ0v) is 12.3. The Morgan fingerprint density at radius 3 is 2.38 bits per heavy atom. The molecule has 0 spiro atoms. The van der Waals surface area contributed by atoms with Crippen LogP contribution >= 0.6 is 15.9 Å². The van der Waals surface area contributed by atoms with E-state index in [4.69, 9.17) is 0 Å². The number of carbonyl (C=O) groups is 1. The van der Waals surface area contributed by atoms with E-state index in [0.717, 1.165) is 6.54 Å². The molecule has 1 rings (SSSR count). The van der Waals surface area contributed by atoms with Gasteiger partial charge in [-0.3, -0.25) is 4.79 Å². The Morgan fingerprint density at radius 1 is 1.38 bits per heavy atom. The van der Waals surface area contributed by atoms with Gasteiger partial charge in [0.15, 0.2) is 0 Å². The molecule has 0 radical (unpaired) electrons. The van der Waals surface area contributed by atoms with Gasteiger partial charge in [-0.25, -0.2) is 0 Å². The number of halogens is 1. The first-order chi connectivity index (χ1) is 7.51. The molecule has 1 aliphatic carbocycles. The fraction of sp³-hybridized carbons (Fsp3) is 0.923. The summed E-state index contributed by atoms with van der Waals surface area (Å²) in [7, 11) is 0. The van der Waals surface area contributed by atoms with Crippen molar-refractivity contribution in [3.8, 4) is 0 Å². The minimum absolute atomic E-state index is 0.0530. The van der Waals surface area contributed by atoms with Crippen molar-refractivity contribution in [1.29, 1.82) is 0 Å². The van der Waals surface area contributed by atoms with Crippen LogP contribution in [0.1, 0.15) is 52.9 Å². The van der Waals surface area contributed by atoms with Gasteiger partial charge in [0, 0.05) is 6.54 Å². The fourth-order valence-electron chi connectivity index (χ4n) is 2.46. The monoisotopic (exact) mass is 289 g/mol. The van der Waals surface area contributed by atoms with E-state index in [2.05, 4.69) is 42.0 Å². The van der Waals surface area contributed by atoms with Crippen molar-refractivity contribution in [2.75, 3.05) is 6.54 Å². The quantitative estimate of drug-likeness (QED) is 0.772. The number of alkyl halides is 1. The molecule has 1 atom stereocenters. The van der Waals surface area contributed by atoms with Crippen LogP contribution in [0.2, 0.25) is 0 Å². The summed E-state index contributed by atoms with van der Waals surface area (Å²) < 4.78 is 0. The van der Waals surface area contributed by atoms with E-state index < -0.39 is 0 Å². The second-order valence-corrected chi connectivity index (χ2v) is 6.41. The maximum absolute atomic E-state index is 11.8. The van der Waals surface area contributed by atoms with Crippen molar-refractivity contribution in [3.05, 3.63) is 0 Å². The number of hydrogen-bond acceptors (Lipinski definition) is 1. The molecule has 3 heteroatoms. The summed E-state index contributed by atoms with van der Waals surface area (Å²) in [5.41, 5.74) is 0.388. The Kier molecular flexibility index (Phi) is 5.29. The van der Waals surface area contributed by atoms with Crippen LogP contribution in [-0.2, 0) is 4.79 Å². The van der Waals surface area contributed by atoms with Crippen molar-refractivity contribution in [1.82, 2.24) is 5.32 Å². The van der Waals surface area contributed by atoms with Crippen LogP contribution in [0.3, 0.4) is 0 Å². The van der Waals surface area contributed by atoms with Gasteiger partial charge in [-0.2, -0.15) is 0 Å². The highest BCUT2D eigenvalue weighted by atomic mass is 79.9. The number of rotatable bonds is 5. The molecule has 1 aliphatic rings. The summed E-state index contributed by atoms with van der Waals surface area (Å²) in [5, 5.41) is 3.11. The Bertz CT molecular complexity index is 234. The molecular formula is C13H24BrNO. The molecule has 1 amide bonds. The lowest BCUT2D eigenvalue weighted by atomic mass is 9.83. The van der Waals surface area contributed by atoms with E-state index in [1.54, 1.807) is 0 Å². The Labute approximate surface area is 108 Å². The minimum atomic E-state index is -0.0530. The van der Waals surface area contributed by atoms with E-state index in [0.29, 0.717) is 11.3 Å². The van der Waals surface area contributed by atoms with Crippen LogP contribution < -0.4 is 5.32 Å². The highest BCUT2D eigenvalue weighted by Gasteiger charge is 2.32. The molecule has 0 aliphatic heterocycles. The van der Waals surface area contributed by atoms with Crippen LogP contribution in [0, 0.1) is 11.3 Å². The molecule has 1 unspecified atom stereocenters. The molecule has 0 aromatic carbocycles. The first-order valence-corrected chi connectivity index (χ1v) is 7.34. The predicted octanol–water partition coefficient (Wildman–Crippen LogP) is 3.49. The molecule has 0 saturated heterocycles. The maximum Gasteiger partial charge on any atom is 0.234 e. The molecule has 1 fully saturated rings. The highest BCUT2D eigenvalue weighted by Crippen LogP contribution is 2.40. The molecule has 2 nitrogen and oxygen atoms in total. The second-order valence-electron chi connectivity index (χ2n) is 5.42. The van der Waals surface area contributed by atoms with Crippen molar-refractivity contribution in [3.63, 3.8) is 0 Å². The van der Waals surface area contributed by atoms with Gasteiger partial charge >= 0.3 is 0 Å². The largest absolute Gasteiger partial charge is 0.355 e. The predicted molar refractivity (Wildman–Crippen MR) is 71.8 cm³/mol. The highest BCUT2D eigenvalue weighted by molar-refractivity contribution is 9.10. The summed E-state index contributed by atoms with van der Waals surface area (Å²) in [5.74, 6) is 0.496. The first kappa shape index (κ1) is 14.0. The van der Waals surface area contributed by atoms with E-state index in [9.17, 15) is 4.79 Å². The van der Waals surface area contributed by atoms with Gasteiger partial charge in [0.05, 0.1) is 4.83 Å². The lowest BCUT2D eigenvalue weighted by Gasteiger charge is -2.28. The van der Waals surface area contributed by atoms with Crippen LogP contribution in [0.15, 0.2) is 0 Å². The average molecular weight is 290 g/mol. The topological polar surface area (TPSA) is 29.1 Å². The van der Waals surface area contributed by atoms with Crippen molar-refractivity contribution in [2.24, 2.45) is 11.3 Å². The van der Waals surface area contributed by atoms with Crippen LogP contribution in [-0.4, -0.2) is 17.3 Å². The van der Waals surface area contributed by atoms with E-state index >= 15 is 0 Å². The van der Waals surface area contributed by atoms with Crippen molar-refractivity contribution in [2.45, 2.75) is 57.7 Å². The fourth-order valence-corrected chi connectivity index (χ4v) is 2.62. The number of amides is 1. The summed E-state index contributed by atoms with van der Waals surface area (Å²) in [6, 6.07) is 0. The molecule has 0 aromatic rings. The van der Waals surface area contributed by atoms with Gasteiger partial charge in [-0.05, 0) is 30.6 Å². The number of carbonyl (C=O) groups excluding carboxylic acids is 1. The van der Waals surface area contributed by atoms with E-state index in [-0.39, 0.29) is 10.7 Å². The molecule has 16 heavy (non-hydrogen) atoms. The normalized spacial score (nSPS) is 21.1. The number of hydrogen-bond donors (Lipinski definition) is 1. The third-order valence-electron chi connectivity index (χ3n) is 3.89. The lowest BCUT2D eigenvalue weighted by molar-refractivity contribution is -0.121. The van der Waals surface area contributed by atoms with Gasteiger partial charge < -0.3 is 5.32 Å². The van der Waals surface area contributed by atoms with Crippen LogP contribution in [0.25, 0.3) is 0 Å². The number of nitrogens with one attached hydrogen (secondary N) is 1. The van der Waals surface area contributed by atoms with E-state index in [1.165, 1.54) is 32.1 Å². The molecule has 1 saturated carbocycles. The summed E-state index contributed by atoms with van der Waals surface area (Å²) in [4.78, 5) is 11.8. The maximum atomic E-state index is 11.8. The lowest BCUT2D eigenvalue weighted by Crippen LogP contribution is -2.40. The third-order valence-corrected chi connectivity index (χ3v) is 5.36. The second kappa shape index (κ2) is 6.04. The standard InChI is InChI=1S/C13H24BrNO/c1-4-13(7-5-6-8-13)9-15-12(16)11(14)10(2)3/h10-11H,4-9H2,1-3H3,(H,15,16). The van der Waals surface area contributed by atoms with E-state index in [1.807, 2.05) is 0 Å². The summed E-state index contributed by atoms with van der Waals surface area (Å²) in [6.45, 7) is 7.22. The van der Waals surface area contributed by atoms with Crippen molar-refractivity contribution >= 4 is 21.8 Å². The minimum Gasteiger partial charge on any atom is -0.355 e. The summed E-state index contributed by atoms with van der Waals surface area (Å²) >= 11 is 3.44. The van der Waals surface area contributed by atoms with Gasteiger partial charge in [-0.15, -0.1) is 0 Å². The first-order valence-electron chi connectivity index (χ1n) is 6.42. The molecule has 94 valence electrons. The smallest absolute Gasteiger partial charge is 0.234 e. The van der Waals surface area contributed by atoms with Crippen LogP contribution in [0.4, 0.5) is 0 Å². The van der Waals surface area contributed by atoms with Gasteiger partial charge in [0.25, 0.3) is 0 Å². The molecule has 0 bridgehead atoms. The molecule has 1 N–H and O–H groups in total. The Hall–Kier alpha value is -0.0500. The Balaban J connectivity index is 2.41. The zero-order valence-electron chi connectivity index (χ0n) is 10.7. The molecular weight excluding hydrogens is 266 g/mol. The van der Waals surface area contributed by atoms with Gasteiger partial charge in [-0.1, -0.05) is 49.5 Å². The van der Waals surface area contributed by atoms with Gasteiger partial charge in [0.2, 0.25) is 5.91 Å². The third kappa shape index (κ3) is 3.47. The Morgan fingerprint density at radius 2 is 1.94 bits per heavy atom. The van der Waals surface area contributed by atoms with Crippen molar-refractivity contribution < 1.29 is 4.79 Å². The van der Waals surface area contributed by atoms with Gasteiger partial charge in [0.1, 0.15) is 0 Å². The zero-order chi connectivity index (χ0) is 12.2. The SMILES string of the molecule is CCC1(CNC(=O)C(Br)C(C)C)CCCC1. The molecule has 0 heterocycles. The van der Waals surface area contributed by atoms with Crippen LogP contribution in [0.5, 0.6) is 0 Å².